The molecule has 2 fully saturated rings. The van der Waals surface area contributed by atoms with Crippen LogP contribution in [0, 0.1) is 5.92 Å². The van der Waals surface area contributed by atoms with Crippen molar-refractivity contribution in [2.24, 2.45) is 5.92 Å². The van der Waals surface area contributed by atoms with Crippen molar-refractivity contribution in [1.29, 1.82) is 0 Å². The molecule has 27 heavy (non-hydrogen) atoms. The van der Waals surface area contributed by atoms with Crippen molar-refractivity contribution in [3.63, 3.8) is 0 Å². The molecule has 1 aromatic carbocycles. The zero-order valence-electron chi connectivity index (χ0n) is 15.3. The van der Waals surface area contributed by atoms with E-state index in [9.17, 15) is 4.79 Å². The molecule has 2 heterocycles. The molecule has 0 bridgehead atoms. The van der Waals surface area contributed by atoms with Gasteiger partial charge in [-0.15, -0.1) is 0 Å². The van der Waals surface area contributed by atoms with Crippen LogP contribution in [0.15, 0.2) is 36.5 Å². The van der Waals surface area contributed by atoms with Gasteiger partial charge in [-0.1, -0.05) is 41.8 Å². The van der Waals surface area contributed by atoms with Crippen LogP contribution in [0.3, 0.4) is 0 Å². The smallest absolute Gasteiger partial charge is 0.222 e. The molecule has 1 aliphatic carbocycles. The minimum absolute atomic E-state index is 0.347. The second-order valence-corrected chi connectivity index (χ2v) is 8.55. The van der Waals surface area contributed by atoms with Crippen LogP contribution in [0.2, 0.25) is 10.2 Å². The molecule has 2 aliphatic rings. The van der Waals surface area contributed by atoms with Gasteiger partial charge in [-0.2, -0.15) is 0 Å². The van der Waals surface area contributed by atoms with Crippen LogP contribution in [-0.2, 0) is 11.2 Å². The van der Waals surface area contributed by atoms with Crippen molar-refractivity contribution in [2.45, 2.75) is 51.0 Å². The van der Waals surface area contributed by atoms with Crippen molar-refractivity contribution in [3.8, 4) is 11.1 Å². The van der Waals surface area contributed by atoms with Crippen molar-refractivity contribution in [2.75, 3.05) is 6.54 Å². The van der Waals surface area contributed by atoms with Crippen LogP contribution >= 0.6 is 23.2 Å². The van der Waals surface area contributed by atoms with Gasteiger partial charge in [0.05, 0.1) is 0 Å². The van der Waals surface area contributed by atoms with Gasteiger partial charge < -0.3 is 4.90 Å². The normalized spacial score (nSPS) is 23.0. The van der Waals surface area contributed by atoms with Gasteiger partial charge in [0.1, 0.15) is 5.15 Å². The summed E-state index contributed by atoms with van der Waals surface area (Å²) in [6.07, 6.45) is 9.18. The van der Waals surface area contributed by atoms with Crippen LogP contribution in [-0.4, -0.2) is 28.4 Å². The van der Waals surface area contributed by atoms with Crippen molar-refractivity contribution in [1.82, 2.24) is 9.88 Å². The number of carbonyl (C=O) groups is 1. The van der Waals surface area contributed by atoms with Crippen molar-refractivity contribution in [3.05, 3.63) is 52.3 Å². The fourth-order valence-electron chi connectivity index (χ4n) is 4.54. The Morgan fingerprint density at radius 1 is 1.07 bits per heavy atom. The Labute approximate surface area is 170 Å². The predicted octanol–water partition coefficient (Wildman–Crippen LogP) is 5.78. The van der Waals surface area contributed by atoms with Crippen LogP contribution in [0.5, 0.6) is 0 Å². The molecule has 2 unspecified atom stereocenters. The van der Waals surface area contributed by atoms with E-state index >= 15 is 0 Å². The molecule has 3 nitrogen and oxygen atoms in total. The van der Waals surface area contributed by atoms with Gasteiger partial charge in [0.2, 0.25) is 5.91 Å². The number of pyridine rings is 1. The second kappa shape index (κ2) is 8.20. The van der Waals surface area contributed by atoms with Gasteiger partial charge in [-0.05, 0) is 67.3 Å². The van der Waals surface area contributed by atoms with E-state index in [1.165, 1.54) is 18.4 Å². The highest BCUT2D eigenvalue weighted by atomic mass is 35.5. The van der Waals surface area contributed by atoms with Gasteiger partial charge in [-0.25, -0.2) is 4.98 Å². The Morgan fingerprint density at radius 2 is 1.93 bits per heavy atom. The van der Waals surface area contributed by atoms with E-state index in [4.69, 9.17) is 23.2 Å². The summed E-state index contributed by atoms with van der Waals surface area (Å²) in [6.45, 7) is 0.945. The SMILES string of the molecule is O=C1CCCN1C1CCCC(Cc2ccc(-c3ccc(Cl)nc3)cc2Cl)C1. The molecule has 4 rings (SSSR count). The highest BCUT2D eigenvalue weighted by Gasteiger charge is 2.32. The lowest BCUT2D eigenvalue weighted by Crippen LogP contribution is -2.39. The first-order valence-corrected chi connectivity index (χ1v) is 10.6. The van der Waals surface area contributed by atoms with Crippen molar-refractivity contribution < 1.29 is 4.79 Å². The van der Waals surface area contributed by atoms with Crippen LogP contribution in [0.1, 0.15) is 44.1 Å². The maximum atomic E-state index is 12.1. The third-order valence-corrected chi connectivity index (χ3v) is 6.50. The number of likely N-dealkylation sites (tertiary alicyclic amines) is 1. The van der Waals surface area contributed by atoms with E-state index in [2.05, 4.69) is 22.0 Å². The minimum atomic E-state index is 0.347. The van der Waals surface area contributed by atoms with E-state index in [-0.39, 0.29) is 0 Å². The Kier molecular flexibility index (Phi) is 5.70. The number of hydrogen-bond acceptors (Lipinski definition) is 2. The summed E-state index contributed by atoms with van der Waals surface area (Å²) in [5.41, 5.74) is 3.26. The lowest BCUT2D eigenvalue weighted by atomic mass is 9.81. The molecule has 0 N–H and O–H groups in total. The number of amides is 1. The van der Waals surface area contributed by atoms with E-state index in [1.807, 2.05) is 12.1 Å². The Balaban J connectivity index is 1.44. The standard InChI is InChI=1S/C22H24Cl2N2O/c23-20-13-16(18-8-9-21(24)25-14-18)6-7-17(20)11-15-3-1-4-19(12-15)26-10-2-5-22(26)27/h6-9,13-15,19H,1-5,10-12H2. The van der Waals surface area contributed by atoms with Gasteiger partial charge in [0, 0.05) is 35.8 Å². The first-order valence-electron chi connectivity index (χ1n) is 9.80. The number of rotatable bonds is 4. The maximum absolute atomic E-state index is 12.1. The first-order chi connectivity index (χ1) is 13.1. The molecular formula is C22H24Cl2N2O. The maximum Gasteiger partial charge on any atom is 0.222 e. The highest BCUT2D eigenvalue weighted by Crippen LogP contribution is 2.34. The van der Waals surface area contributed by atoms with Crippen LogP contribution < -0.4 is 0 Å². The minimum Gasteiger partial charge on any atom is -0.340 e. The van der Waals surface area contributed by atoms with Crippen LogP contribution in [0.25, 0.3) is 11.1 Å². The van der Waals surface area contributed by atoms with E-state index in [0.717, 1.165) is 54.8 Å². The quantitative estimate of drug-likeness (QED) is 0.607. The number of nitrogens with zero attached hydrogens (tertiary/aromatic N) is 2. The number of benzene rings is 1. The van der Waals surface area contributed by atoms with E-state index in [1.54, 1.807) is 12.3 Å². The summed E-state index contributed by atoms with van der Waals surface area (Å²) in [5.74, 6) is 0.942. The third kappa shape index (κ3) is 4.30. The van der Waals surface area contributed by atoms with Gasteiger partial charge in [0.25, 0.3) is 0 Å². The summed E-state index contributed by atoms with van der Waals surface area (Å²) < 4.78 is 0. The Bertz CT molecular complexity index is 822. The zero-order chi connectivity index (χ0) is 18.8. The number of aromatic nitrogens is 1. The van der Waals surface area contributed by atoms with E-state index < -0.39 is 0 Å². The number of hydrogen-bond donors (Lipinski definition) is 0. The van der Waals surface area contributed by atoms with Gasteiger partial charge in [-0.3, -0.25) is 4.79 Å². The topological polar surface area (TPSA) is 33.2 Å². The zero-order valence-corrected chi connectivity index (χ0v) is 16.8. The molecule has 142 valence electrons. The summed E-state index contributed by atoms with van der Waals surface area (Å²) in [7, 11) is 0. The molecule has 0 radical (unpaired) electrons. The molecule has 2 atom stereocenters. The summed E-state index contributed by atoms with van der Waals surface area (Å²) in [5, 5.41) is 1.30. The molecule has 0 spiro atoms. The molecule has 1 saturated heterocycles. The monoisotopic (exact) mass is 402 g/mol. The number of halogens is 2. The second-order valence-electron chi connectivity index (χ2n) is 7.76. The Hall–Kier alpha value is -1.58. The van der Waals surface area contributed by atoms with Crippen molar-refractivity contribution >= 4 is 29.1 Å². The molecule has 2 aromatic rings. The molecular weight excluding hydrogens is 379 g/mol. The summed E-state index contributed by atoms with van der Waals surface area (Å²) in [6, 6.07) is 10.4. The lowest BCUT2D eigenvalue weighted by molar-refractivity contribution is -0.130. The fraction of sp³-hybridized carbons (Fsp3) is 0.455. The van der Waals surface area contributed by atoms with Gasteiger partial charge >= 0.3 is 0 Å². The average Bonchev–Trinajstić information content (AvgIpc) is 3.10. The molecule has 1 aliphatic heterocycles. The molecule has 1 amide bonds. The first kappa shape index (κ1) is 18.8. The fourth-order valence-corrected chi connectivity index (χ4v) is 4.91. The largest absolute Gasteiger partial charge is 0.340 e. The van der Waals surface area contributed by atoms with E-state index in [0.29, 0.717) is 23.0 Å². The average molecular weight is 403 g/mol. The molecule has 1 saturated carbocycles. The molecule has 1 aromatic heterocycles. The summed E-state index contributed by atoms with van der Waals surface area (Å²) >= 11 is 12.5. The third-order valence-electron chi connectivity index (χ3n) is 5.93. The number of carbonyl (C=O) groups excluding carboxylic acids is 1. The van der Waals surface area contributed by atoms with Gasteiger partial charge in [0.15, 0.2) is 0 Å². The Morgan fingerprint density at radius 3 is 2.63 bits per heavy atom. The summed E-state index contributed by atoms with van der Waals surface area (Å²) in [4.78, 5) is 18.4. The molecule has 5 heteroatoms. The lowest BCUT2D eigenvalue weighted by Gasteiger charge is -2.35. The van der Waals surface area contributed by atoms with Crippen LogP contribution in [0.4, 0.5) is 0 Å². The predicted molar refractivity (Wildman–Crippen MR) is 110 cm³/mol. The highest BCUT2D eigenvalue weighted by molar-refractivity contribution is 6.31.